The highest BCUT2D eigenvalue weighted by atomic mass is 16.5. The highest BCUT2D eigenvalue weighted by molar-refractivity contribution is 5.99. The quantitative estimate of drug-likeness (QED) is 0.398. The third-order valence-electron chi connectivity index (χ3n) is 7.52. The van der Waals surface area contributed by atoms with Crippen molar-refractivity contribution in [2.75, 3.05) is 38.7 Å². The standard InChI is InChI=1S/C33H50N4O5/c1-23(2)34-33(40)35-28-15-16-30-29(18-28)32(39)37(25(4)22-38)19-24(3)31(41-17-11-10-12-26(5)42-30)21-36(6)20-27-13-8-7-9-14-27/h7-9,13-16,18,23-26,31,38H,10-12,17,19-22H2,1-6H3,(H2,34,35,40)/t24-,25+,26-,31+/m0/s1. The van der Waals surface area contributed by atoms with Crippen molar-refractivity contribution in [1.29, 1.82) is 0 Å². The van der Waals surface area contributed by atoms with Gasteiger partial charge in [-0.2, -0.15) is 0 Å². The molecule has 1 heterocycles. The van der Waals surface area contributed by atoms with Crippen LogP contribution in [-0.4, -0.2) is 84.5 Å². The first-order chi connectivity index (χ1) is 20.1. The minimum absolute atomic E-state index is 0.00877. The van der Waals surface area contributed by atoms with Crippen LogP contribution in [0.4, 0.5) is 10.5 Å². The van der Waals surface area contributed by atoms with Gasteiger partial charge in [0.15, 0.2) is 0 Å². The molecule has 42 heavy (non-hydrogen) atoms. The summed E-state index contributed by atoms with van der Waals surface area (Å²) in [7, 11) is 2.09. The number of likely N-dealkylation sites (N-methyl/N-ethyl adjacent to an activating group) is 1. The van der Waals surface area contributed by atoms with Crippen LogP contribution >= 0.6 is 0 Å². The molecule has 0 saturated carbocycles. The van der Waals surface area contributed by atoms with Crippen molar-refractivity contribution in [2.24, 2.45) is 5.92 Å². The van der Waals surface area contributed by atoms with Gasteiger partial charge in [0.2, 0.25) is 0 Å². The van der Waals surface area contributed by atoms with Gasteiger partial charge in [0.25, 0.3) is 5.91 Å². The summed E-state index contributed by atoms with van der Waals surface area (Å²) in [6, 6.07) is 14.7. The zero-order chi connectivity index (χ0) is 30.6. The molecule has 0 fully saturated rings. The van der Waals surface area contributed by atoms with Crippen molar-refractivity contribution < 1.29 is 24.2 Å². The Bertz CT molecular complexity index is 1130. The topological polar surface area (TPSA) is 103 Å². The van der Waals surface area contributed by atoms with Gasteiger partial charge in [0, 0.05) is 43.9 Å². The van der Waals surface area contributed by atoms with E-state index in [1.54, 1.807) is 23.1 Å². The van der Waals surface area contributed by atoms with Gasteiger partial charge >= 0.3 is 6.03 Å². The molecule has 0 aromatic heterocycles. The molecule has 2 aromatic carbocycles. The van der Waals surface area contributed by atoms with E-state index in [1.807, 2.05) is 45.9 Å². The Morgan fingerprint density at radius 2 is 1.86 bits per heavy atom. The molecule has 3 amide bonds. The van der Waals surface area contributed by atoms with E-state index in [2.05, 4.69) is 41.6 Å². The summed E-state index contributed by atoms with van der Waals surface area (Å²) < 4.78 is 12.7. The number of benzene rings is 2. The molecular weight excluding hydrogens is 532 g/mol. The second kappa shape index (κ2) is 16.5. The predicted octanol–water partition coefficient (Wildman–Crippen LogP) is 5.14. The van der Waals surface area contributed by atoms with Gasteiger partial charge in [-0.15, -0.1) is 0 Å². The number of ether oxygens (including phenoxy) is 2. The van der Waals surface area contributed by atoms with Crippen molar-refractivity contribution in [3.05, 3.63) is 59.7 Å². The van der Waals surface area contributed by atoms with E-state index in [0.29, 0.717) is 36.7 Å². The van der Waals surface area contributed by atoms with Gasteiger partial charge in [0.1, 0.15) is 5.75 Å². The molecular formula is C33H50N4O5. The van der Waals surface area contributed by atoms with Crippen LogP contribution in [0, 0.1) is 5.92 Å². The van der Waals surface area contributed by atoms with Gasteiger partial charge in [-0.25, -0.2) is 4.79 Å². The Kier molecular flexibility index (Phi) is 13.1. The molecule has 0 unspecified atom stereocenters. The van der Waals surface area contributed by atoms with Crippen LogP contribution in [0.2, 0.25) is 0 Å². The zero-order valence-corrected chi connectivity index (χ0v) is 26.1. The SMILES string of the molecule is CC(C)NC(=O)Nc1ccc2c(c1)C(=O)N([C@H](C)CO)C[C@H](C)[C@@H](CN(C)Cc1ccccc1)OCCCC[C@H](C)O2. The molecule has 3 N–H and O–H groups in total. The van der Waals surface area contributed by atoms with Gasteiger partial charge in [-0.1, -0.05) is 37.3 Å². The van der Waals surface area contributed by atoms with Crippen LogP contribution in [0.25, 0.3) is 0 Å². The number of amides is 3. The highest BCUT2D eigenvalue weighted by Crippen LogP contribution is 2.28. The van der Waals surface area contributed by atoms with Crippen LogP contribution in [-0.2, 0) is 11.3 Å². The van der Waals surface area contributed by atoms with Gasteiger partial charge < -0.3 is 30.1 Å². The number of carbonyl (C=O) groups is 2. The van der Waals surface area contributed by atoms with Crippen molar-refractivity contribution in [1.82, 2.24) is 15.1 Å². The summed E-state index contributed by atoms with van der Waals surface area (Å²) in [5, 5.41) is 15.8. The van der Waals surface area contributed by atoms with Crippen molar-refractivity contribution in [2.45, 2.75) is 84.7 Å². The molecule has 0 radical (unpaired) electrons. The predicted molar refractivity (Wildman–Crippen MR) is 167 cm³/mol. The van der Waals surface area contributed by atoms with Crippen LogP contribution in [0.1, 0.15) is 69.8 Å². The summed E-state index contributed by atoms with van der Waals surface area (Å²) in [6.45, 7) is 12.1. The Labute approximate surface area is 251 Å². The highest BCUT2D eigenvalue weighted by Gasteiger charge is 2.30. The second-order valence-corrected chi connectivity index (χ2v) is 11.9. The third-order valence-corrected chi connectivity index (χ3v) is 7.52. The number of carbonyl (C=O) groups excluding carboxylic acids is 2. The lowest BCUT2D eigenvalue weighted by Gasteiger charge is -2.36. The van der Waals surface area contributed by atoms with E-state index < -0.39 is 6.04 Å². The van der Waals surface area contributed by atoms with E-state index in [0.717, 1.165) is 25.8 Å². The smallest absolute Gasteiger partial charge is 0.319 e. The average molecular weight is 583 g/mol. The third kappa shape index (κ3) is 10.3. The summed E-state index contributed by atoms with van der Waals surface area (Å²) in [4.78, 5) is 30.6. The van der Waals surface area contributed by atoms with Crippen LogP contribution in [0.3, 0.4) is 0 Å². The Balaban J connectivity index is 1.90. The van der Waals surface area contributed by atoms with E-state index >= 15 is 0 Å². The van der Waals surface area contributed by atoms with Gasteiger partial charge in [-0.05, 0) is 77.8 Å². The lowest BCUT2D eigenvalue weighted by atomic mass is 10.0. The van der Waals surface area contributed by atoms with Crippen LogP contribution in [0.5, 0.6) is 5.75 Å². The number of aliphatic hydroxyl groups excluding tert-OH is 1. The number of hydrogen-bond donors (Lipinski definition) is 3. The maximum absolute atomic E-state index is 14.2. The monoisotopic (exact) mass is 582 g/mol. The molecule has 9 heteroatoms. The molecule has 0 saturated heterocycles. The fourth-order valence-electron chi connectivity index (χ4n) is 5.16. The first-order valence-electron chi connectivity index (χ1n) is 15.2. The van der Waals surface area contributed by atoms with Crippen LogP contribution < -0.4 is 15.4 Å². The van der Waals surface area contributed by atoms with E-state index in [9.17, 15) is 14.7 Å². The number of nitrogens with one attached hydrogen (secondary N) is 2. The molecule has 0 bridgehead atoms. The number of rotatable bonds is 8. The minimum Gasteiger partial charge on any atom is -0.490 e. The maximum Gasteiger partial charge on any atom is 0.319 e. The number of urea groups is 1. The van der Waals surface area contributed by atoms with Gasteiger partial charge in [-0.3, -0.25) is 9.69 Å². The average Bonchev–Trinajstić information content (AvgIpc) is 2.94. The van der Waals surface area contributed by atoms with Crippen LogP contribution in [0.15, 0.2) is 48.5 Å². The van der Waals surface area contributed by atoms with E-state index in [-0.39, 0.29) is 42.7 Å². The molecule has 1 aliphatic heterocycles. The largest absolute Gasteiger partial charge is 0.490 e. The number of nitrogens with zero attached hydrogens (tertiary/aromatic N) is 2. The Morgan fingerprint density at radius 3 is 2.55 bits per heavy atom. The molecule has 0 spiro atoms. The van der Waals surface area contributed by atoms with Crippen molar-refractivity contribution >= 4 is 17.6 Å². The first-order valence-corrected chi connectivity index (χ1v) is 15.2. The normalized spacial score (nSPS) is 21.3. The molecule has 1 aliphatic rings. The fraction of sp³-hybridized carbons (Fsp3) is 0.576. The number of aliphatic hydroxyl groups is 1. The fourth-order valence-corrected chi connectivity index (χ4v) is 5.16. The lowest BCUT2D eigenvalue weighted by molar-refractivity contribution is -0.0177. The van der Waals surface area contributed by atoms with Gasteiger partial charge in [0.05, 0.1) is 30.4 Å². The molecule has 9 nitrogen and oxygen atoms in total. The minimum atomic E-state index is -0.429. The second-order valence-electron chi connectivity index (χ2n) is 11.9. The Morgan fingerprint density at radius 1 is 1.12 bits per heavy atom. The zero-order valence-electron chi connectivity index (χ0n) is 26.1. The first kappa shape index (κ1) is 33.4. The molecule has 3 rings (SSSR count). The van der Waals surface area contributed by atoms with Crippen molar-refractivity contribution in [3.8, 4) is 5.75 Å². The Hall–Kier alpha value is -3.14. The van der Waals surface area contributed by atoms with E-state index in [4.69, 9.17) is 9.47 Å². The summed E-state index contributed by atoms with van der Waals surface area (Å²) in [5.41, 5.74) is 2.08. The number of hydrogen-bond acceptors (Lipinski definition) is 6. The molecule has 0 aliphatic carbocycles. The molecule has 232 valence electrons. The van der Waals surface area contributed by atoms with Crippen molar-refractivity contribution in [3.63, 3.8) is 0 Å². The maximum atomic E-state index is 14.2. The molecule has 4 atom stereocenters. The summed E-state index contributed by atoms with van der Waals surface area (Å²) in [5.74, 6) is 0.204. The molecule has 2 aromatic rings. The van der Waals surface area contributed by atoms with E-state index in [1.165, 1.54) is 5.56 Å². The lowest BCUT2D eigenvalue weighted by Crippen LogP contribution is -2.47. The summed E-state index contributed by atoms with van der Waals surface area (Å²) >= 11 is 0. The summed E-state index contributed by atoms with van der Waals surface area (Å²) in [6.07, 6.45) is 2.45. The number of fused-ring (bicyclic) bond motifs is 1. The number of anilines is 1.